The number of esters is 1. The van der Waals surface area contributed by atoms with Crippen molar-refractivity contribution in [3.05, 3.63) is 59.7 Å². The van der Waals surface area contributed by atoms with Gasteiger partial charge < -0.3 is 10.1 Å². The largest absolute Gasteiger partial charge is 0.465 e. The summed E-state index contributed by atoms with van der Waals surface area (Å²) >= 11 is 1.46. The first-order valence-electron chi connectivity index (χ1n) is 6.77. The summed E-state index contributed by atoms with van der Waals surface area (Å²) in [6.07, 6.45) is 0. The summed E-state index contributed by atoms with van der Waals surface area (Å²) < 4.78 is 4.73. The van der Waals surface area contributed by atoms with Gasteiger partial charge in [0.2, 0.25) is 5.91 Å². The molecular weight excluding hydrogens is 298 g/mol. The molecule has 1 amide bonds. The first-order valence-corrected chi connectivity index (χ1v) is 7.76. The van der Waals surface area contributed by atoms with E-state index in [2.05, 4.69) is 5.32 Å². The maximum Gasteiger partial charge on any atom is 0.338 e. The fourth-order valence-corrected chi connectivity index (χ4v) is 2.67. The lowest BCUT2D eigenvalue weighted by molar-refractivity contribution is -0.113. The number of ether oxygens (including phenoxy) is 1. The third-order valence-electron chi connectivity index (χ3n) is 3.13. The molecule has 2 rings (SSSR count). The summed E-state index contributed by atoms with van der Waals surface area (Å²) in [5, 5.41) is 2.83. The van der Waals surface area contributed by atoms with Crippen LogP contribution in [0.4, 0.5) is 5.69 Å². The molecule has 0 fully saturated rings. The first-order chi connectivity index (χ1) is 10.6. The van der Waals surface area contributed by atoms with E-state index < -0.39 is 5.97 Å². The Bertz CT molecular complexity index is 671. The van der Waals surface area contributed by atoms with Gasteiger partial charge in [-0.3, -0.25) is 4.79 Å². The Morgan fingerprint density at radius 1 is 1.09 bits per heavy atom. The molecule has 2 aromatic rings. The van der Waals surface area contributed by atoms with Gasteiger partial charge in [0.25, 0.3) is 0 Å². The number of benzene rings is 2. The van der Waals surface area contributed by atoms with Crippen LogP contribution in [0.5, 0.6) is 0 Å². The van der Waals surface area contributed by atoms with Crippen molar-refractivity contribution in [1.29, 1.82) is 0 Å². The molecule has 2 aromatic carbocycles. The van der Waals surface area contributed by atoms with Gasteiger partial charge in [0, 0.05) is 10.6 Å². The highest BCUT2D eigenvalue weighted by Crippen LogP contribution is 2.21. The second kappa shape index (κ2) is 7.66. The zero-order valence-electron chi connectivity index (χ0n) is 12.5. The highest BCUT2D eigenvalue weighted by Gasteiger charge is 2.13. The highest BCUT2D eigenvalue weighted by atomic mass is 32.2. The Kier molecular flexibility index (Phi) is 5.61. The van der Waals surface area contributed by atoms with Crippen LogP contribution in [0.3, 0.4) is 0 Å². The molecule has 4 nitrogen and oxygen atoms in total. The first kappa shape index (κ1) is 16.1. The van der Waals surface area contributed by atoms with Gasteiger partial charge in [-0.05, 0) is 36.8 Å². The van der Waals surface area contributed by atoms with Gasteiger partial charge in [0.1, 0.15) is 0 Å². The number of anilines is 1. The number of rotatable bonds is 5. The van der Waals surface area contributed by atoms with Crippen LogP contribution in [-0.4, -0.2) is 24.7 Å². The number of nitrogens with one attached hydrogen (secondary N) is 1. The molecule has 114 valence electrons. The lowest BCUT2D eigenvalue weighted by Crippen LogP contribution is -2.16. The van der Waals surface area contributed by atoms with Crippen LogP contribution in [0.15, 0.2) is 53.4 Å². The predicted molar refractivity (Wildman–Crippen MR) is 88.3 cm³/mol. The van der Waals surface area contributed by atoms with E-state index in [0.29, 0.717) is 22.6 Å². The number of thioether (sulfide) groups is 1. The van der Waals surface area contributed by atoms with E-state index in [-0.39, 0.29) is 5.91 Å². The van der Waals surface area contributed by atoms with Crippen LogP contribution in [0.1, 0.15) is 15.9 Å². The maximum absolute atomic E-state index is 12.0. The van der Waals surface area contributed by atoms with Gasteiger partial charge >= 0.3 is 5.97 Å². The van der Waals surface area contributed by atoms with Crippen molar-refractivity contribution >= 4 is 29.3 Å². The zero-order valence-corrected chi connectivity index (χ0v) is 13.3. The molecule has 0 radical (unpaired) electrons. The van der Waals surface area contributed by atoms with Gasteiger partial charge in [0.05, 0.1) is 18.4 Å². The monoisotopic (exact) mass is 315 g/mol. The summed E-state index contributed by atoms with van der Waals surface area (Å²) in [4.78, 5) is 24.7. The van der Waals surface area contributed by atoms with Crippen LogP contribution < -0.4 is 5.32 Å². The van der Waals surface area contributed by atoms with Gasteiger partial charge in [-0.2, -0.15) is 0 Å². The predicted octanol–water partition coefficient (Wildman–Crippen LogP) is 3.51. The topological polar surface area (TPSA) is 55.4 Å². The molecule has 0 aromatic heterocycles. The highest BCUT2D eigenvalue weighted by molar-refractivity contribution is 8.00. The van der Waals surface area contributed by atoms with Crippen molar-refractivity contribution in [2.24, 2.45) is 0 Å². The van der Waals surface area contributed by atoms with Gasteiger partial charge in [-0.25, -0.2) is 4.79 Å². The Hall–Kier alpha value is -2.27. The van der Waals surface area contributed by atoms with E-state index in [4.69, 9.17) is 4.74 Å². The maximum atomic E-state index is 12.0. The SMILES string of the molecule is COC(=O)c1cccc(NC(=O)CSc2ccccc2)c1C. The molecule has 0 aliphatic carbocycles. The summed E-state index contributed by atoms with van der Waals surface area (Å²) in [6.45, 7) is 1.78. The average Bonchev–Trinajstić information content (AvgIpc) is 2.55. The average molecular weight is 315 g/mol. The van der Waals surface area contributed by atoms with Crippen molar-refractivity contribution < 1.29 is 14.3 Å². The lowest BCUT2D eigenvalue weighted by atomic mass is 10.1. The van der Waals surface area contributed by atoms with Crippen molar-refractivity contribution in [1.82, 2.24) is 0 Å². The number of carbonyl (C=O) groups excluding carboxylic acids is 2. The minimum absolute atomic E-state index is 0.112. The molecule has 0 aliphatic heterocycles. The molecule has 0 atom stereocenters. The van der Waals surface area contributed by atoms with Gasteiger partial charge in [-0.1, -0.05) is 24.3 Å². The van der Waals surface area contributed by atoms with E-state index >= 15 is 0 Å². The number of hydrogen-bond acceptors (Lipinski definition) is 4. The summed E-state index contributed by atoms with van der Waals surface area (Å²) in [6, 6.07) is 14.9. The molecule has 0 saturated carbocycles. The molecule has 1 N–H and O–H groups in total. The quantitative estimate of drug-likeness (QED) is 0.677. The molecule has 0 spiro atoms. The molecule has 0 aliphatic rings. The number of methoxy groups -OCH3 is 1. The molecule has 0 heterocycles. The number of hydrogen-bond donors (Lipinski definition) is 1. The summed E-state index contributed by atoms with van der Waals surface area (Å²) in [5.41, 5.74) is 1.78. The van der Waals surface area contributed by atoms with E-state index in [9.17, 15) is 9.59 Å². The Labute approximate surface area is 133 Å². The van der Waals surface area contributed by atoms with Crippen molar-refractivity contribution in [2.75, 3.05) is 18.2 Å². The van der Waals surface area contributed by atoms with Gasteiger partial charge in [-0.15, -0.1) is 11.8 Å². The van der Waals surface area contributed by atoms with Crippen LogP contribution in [0, 0.1) is 6.92 Å². The normalized spacial score (nSPS) is 10.1. The standard InChI is InChI=1S/C17H17NO3S/c1-12-14(17(20)21-2)9-6-10-15(12)18-16(19)11-22-13-7-4-3-5-8-13/h3-10H,11H2,1-2H3,(H,18,19). The van der Waals surface area contributed by atoms with E-state index in [1.807, 2.05) is 30.3 Å². The molecule has 5 heteroatoms. The zero-order chi connectivity index (χ0) is 15.9. The fraction of sp³-hybridized carbons (Fsp3) is 0.176. The van der Waals surface area contributed by atoms with E-state index in [0.717, 1.165) is 4.90 Å². The van der Waals surface area contributed by atoms with Crippen LogP contribution >= 0.6 is 11.8 Å². The molecule has 0 unspecified atom stereocenters. The smallest absolute Gasteiger partial charge is 0.338 e. The van der Waals surface area contributed by atoms with Crippen molar-refractivity contribution in [3.8, 4) is 0 Å². The minimum Gasteiger partial charge on any atom is -0.465 e. The second-order valence-corrected chi connectivity index (χ2v) is 5.67. The lowest BCUT2D eigenvalue weighted by Gasteiger charge is -2.11. The molecular formula is C17H17NO3S. The van der Waals surface area contributed by atoms with E-state index in [1.165, 1.54) is 18.9 Å². The second-order valence-electron chi connectivity index (χ2n) is 4.62. The Balaban J connectivity index is 2.01. The Morgan fingerprint density at radius 3 is 2.50 bits per heavy atom. The Morgan fingerprint density at radius 2 is 1.82 bits per heavy atom. The molecule has 0 saturated heterocycles. The summed E-state index contributed by atoms with van der Waals surface area (Å²) in [7, 11) is 1.34. The van der Waals surface area contributed by atoms with Gasteiger partial charge in [0.15, 0.2) is 0 Å². The van der Waals surface area contributed by atoms with E-state index in [1.54, 1.807) is 25.1 Å². The molecule has 22 heavy (non-hydrogen) atoms. The minimum atomic E-state index is -0.410. The van der Waals surface area contributed by atoms with Crippen LogP contribution in [-0.2, 0) is 9.53 Å². The fourth-order valence-electron chi connectivity index (χ4n) is 1.95. The third kappa shape index (κ3) is 4.11. The third-order valence-corrected chi connectivity index (χ3v) is 4.14. The van der Waals surface area contributed by atoms with Crippen LogP contribution in [0.25, 0.3) is 0 Å². The summed E-state index contributed by atoms with van der Waals surface area (Å²) in [5.74, 6) is -0.211. The molecule has 0 bridgehead atoms. The van der Waals surface area contributed by atoms with Crippen molar-refractivity contribution in [2.45, 2.75) is 11.8 Å². The number of carbonyl (C=O) groups is 2. The van der Waals surface area contributed by atoms with Crippen molar-refractivity contribution in [3.63, 3.8) is 0 Å². The van der Waals surface area contributed by atoms with Crippen LogP contribution in [0.2, 0.25) is 0 Å². The number of amides is 1.